The van der Waals surface area contributed by atoms with Gasteiger partial charge in [0.05, 0.1) is 7.11 Å². The van der Waals surface area contributed by atoms with Gasteiger partial charge in [0.1, 0.15) is 5.75 Å². The first-order valence-corrected chi connectivity index (χ1v) is 8.07. The van der Waals surface area contributed by atoms with E-state index in [0.29, 0.717) is 18.0 Å². The first kappa shape index (κ1) is 13.7. The van der Waals surface area contributed by atoms with Crippen LogP contribution in [0.4, 0.5) is 0 Å². The molecule has 1 aromatic carbocycles. The summed E-state index contributed by atoms with van der Waals surface area (Å²) in [4.78, 5) is 1.43. The fourth-order valence-corrected chi connectivity index (χ4v) is 3.62. The van der Waals surface area contributed by atoms with Gasteiger partial charge in [-0.2, -0.15) is 0 Å². The summed E-state index contributed by atoms with van der Waals surface area (Å²) in [6, 6.07) is 14.0. The number of methoxy groups -OCH3 is 1. The van der Waals surface area contributed by atoms with E-state index in [-0.39, 0.29) is 0 Å². The molecule has 20 heavy (non-hydrogen) atoms. The molecule has 0 amide bonds. The molecule has 0 bridgehead atoms. The van der Waals surface area contributed by atoms with Crippen LogP contribution in [0.3, 0.4) is 0 Å². The highest BCUT2D eigenvalue weighted by atomic mass is 32.1. The highest BCUT2D eigenvalue weighted by Gasteiger charge is 2.31. The number of thiophene rings is 1. The Morgan fingerprint density at radius 1 is 1.20 bits per heavy atom. The van der Waals surface area contributed by atoms with E-state index in [9.17, 15) is 0 Å². The van der Waals surface area contributed by atoms with Gasteiger partial charge in [0, 0.05) is 17.0 Å². The molecule has 1 aromatic heterocycles. The van der Waals surface area contributed by atoms with Crippen molar-refractivity contribution in [2.45, 2.75) is 37.8 Å². The van der Waals surface area contributed by atoms with Gasteiger partial charge in [-0.25, -0.2) is 0 Å². The maximum Gasteiger partial charge on any atom is 0.118 e. The van der Waals surface area contributed by atoms with Gasteiger partial charge in [-0.05, 0) is 54.8 Å². The number of hydrogen-bond acceptors (Lipinski definition) is 3. The second-order valence-electron chi connectivity index (χ2n) is 5.54. The third kappa shape index (κ3) is 2.89. The van der Waals surface area contributed by atoms with Crippen molar-refractivity contribution in [3.63, 3.8) is 0 Å². The average Bonchev–Trinajstić information content (AvgIpc) is 2.96. The molecule has 1 N–H and O–H groups in total. The lowest BCUT2D eigenvalue weighted by Crippen LogP contribution is -2.41. The largest absolute Gasteiger partial charge is 0.497 e. The zero-order chi connectivity index (χ0) is 13.9. The number of nitrogens with one attached hydrogen (secondary N) is 1. The summed E-state index contributed by atoms with van der Waals surface area (Å²) >= 11 is 1.83. The molecular weight excluding hydrogens is 266 g/mol. The van der Waals surface area contributed by atoms with Crippen molar-refractivity contribution in [2.75, 3.05) is 7.11 Å². The number of benzene rings is 1. The molecule has 0 radical (unpaired) electrons. The summed E-state index contributed by atoms with van der Waals surface area (Å²) in [5.41, 5.74) is 1.44. The minimum atomic E-state index is 0.469. The van der Waals surface area contributed by atoms with Gasteiger partial charge < -0.3 is 10.1 Å². The molecule has 1 aliphatic rings. The maximum atomic E-state index is 5.20. The van der Waals surface area contributed by atoms with E-state index in [1.807, 2.05) is 11.3 Å². The van der Waals surface area contributed by atoms with Gasteiger partial charge >= 0.3 is 0 Å². The van der Waals surface area contributed by atoms with Crippen LogP contribution in [-0.2, 0) is 0 Å². The molecule has 1 aliphatic carbocycles. The Morgan fingerprint density at radius 2 is 1.95 bits per heavy atom. The summed E-state index contributed by atoms with van der Waals surface area (Å²) in [7, 11) is 1.71. The van der Waals surface area contributed by atoms with Crippen LogP contribution in [-0.4, -0.2) is 13.2 Å². The van der Waals surface area contributed by atoms with Crippen LogP contribution in [0.5, 0.6) is 5.75 Å². The molecule has 106 valence electrons. The van der Waals surface area contributed by atoms with Crippen molar-refractivity contribution >= 4 is 11.3 Å². The Morgan fingerprint density at radius 3 is 2.55 bits per heavy atom. The van der Waals surface area contributed by atoms with E-state index in [4.69, 9.17) is 4.74 Å². The minimum Gasteiger partial charge on any atom is -0.497 e. The maximum absolute atomic E-state index is 5.20. The number of hydrogen-bond donors (Lipinski definition) is 1. The van der Waals surface area contributed by atoms with E-state index in [1.165, 1.54) is 23.3 Å². The minimum absolute atomic E-state index is 0.469. The molecule has 2 aromatic rings. The molecule has 0 aliphatic heterocycles. The van der Waals surface area contributed by atoms with Gasteiger partial charge in [-0.15, -0.1) is 11.3 Å². The van der Waals surface area contributed by atoms with Gasteiger partial charge in [0.25, 0.3) is 0 Å². The lowest BCUT2D eigenvalue weighted by molar-refractivity contribution is 0.272. The van der Waals surface area contributed by atoms with Crippen LogP contribution in [0, 0.1) is 0 Å². The van der Waals surface area contributed by atoms with Crippen LogP contribution in [0.2, 0.25) is 0 Å². The van der Waals surface area contributed by atoms with Gasteiger partial charge in [0.2, 0.25) is 0 Å². The number of ether oxygens (including phenoxy) is 1. The summed E-state index contributed by atoms with van der Waals surface area (Å²) in [6.07, 6.45) is 2.48. The molecule has 2 nitrogen and oxygen atoms in total. The van der Waals surface area contributed by atoms with E-state index in [2.05, 4.69) is 54.0 Å². The van der Waals surface area contributed by atoms with Crippen molar-refractivity contribution < 1.29 is 4.74 Å². The Balaban J connectivity index is 1.50. The van der Waals surface area contributed by atoms with Crippen molar-refractivity contribution in [2.24, 2.45) is 0 Å². The molecule has 0 spiro atoms. The van der Waals surface area contributed by atoms with E-state index in [1.54, 1.807) is 7.11 Å². The molecule has 1 saturated carbocycles. The Hall–Kier alpha value is -1.32. The van der Waals surface area contributed by atoms with Crippen molar-refractivity contribution in [3.05, 3.63) is 52.2 Å². The topological polar surface area (TPSA) is 21.3 Å². The molecule has 0 unspecified atom stereocenters. The van der Waals surface area contributed by atoms with Crippen LogP contribution in [0.1, 0.15) is 42.2 Å². The predicted molar refractivity (Wildman–Crippen MR) is 84.6 cm³/mol. The van der Waals surface area contributed by atoms with Crippen molar-refractivity contribution in [3.8, 4) is 5.75 Å². The normalized spacial score (nSPS) is 23.1. The molecule has 1 fully saturated rings. The smallest absolute Gasteiger partial charge is 0.118 e. The van der Waals surface area contributed by atoms with Crippen molar-refractivity contribution in [1.29, 1.82) is 0 Å². The lowest BCUT2D eigenvalue weighted by atomic mass is 9.75. The lowest BCUT2D eigenvalue weighted by Gasteiger charge is -2.38. The van der Waals surface area contributed by atoms with Crippen LogP contribution < -0.4 is 10.1 Å². The van der Waals surface area contributed by atoms with Crippen molar-refractivity contribution in [1.82, 2.24) is 5.32 Å². The molecule has 3 heteroatoms. The monoisotopic (exact) mass is 287 g/mol. The van der Waals surface area contributed by atoms with E-state index in [0.717, 1.165) is 5.75 Å². The number of rotatable bonds is 5. The zero-order valence-corrected chi connectivity index (χ0v) is 12.8. The molecule has 3 rings (SSSR count). The summed E-state index contributed by atoms with van der Waals surface area (Å²) in [5.74, 6) is 1.64. The molecule has 1 atom stereocenters. The Kier molecular flexibility index (Phi) is 4.08. The molecule has 0 saturated heterocycles. The second-order valence-corrected chi connectivity index (χ2v) is 6.52. The highest BCUT2D eigenvalue weighted by molar-refractivity contribution is 7.10. The molecular formula is C17H21NOS. The first-order valence-electron chi connectivity index (χ1n) is 7.19. The Labute approximate surface area is 124 Å². The summed E-state index contributed by atoms with van der Waals surface area (Å²) in [6.45, 7) is 2.26. The fourth-order valence-electron chi connectivity index (χ4n) is 2.88. The van der Waals surface area contributed by atoms with Crippen LogP contribution in [0.25, 0.3) is 0 Å². The van der Waals surface area contributed by atoms with Gasteiger partial charge in [-0.3, -0.25) is 0 Å². The van der Waals surface area contributed by atoms with E-state index < -0.39 is 0 Å². The second kappa shape index (κ2) is 5.98. The Bertz CT molecular complexity index is 529. The van der Waals surface area contributed by atoms with Gasteiger partial charge in [0.15, 0.2) is 0 Å². The average molecular weight is 287 g/mol. The third-order valence-electron chi connectivity index (χ3n) is 4.18. The van der Waals surface area contributed by atoms with Crippen LogP contribution in [0.15, 0.2) is 41.8 Å². The third-order valence-corrected chi connectivity index (χ3v) is 5.24. The summed E-state index contributed by atoms with van der Waals surface area (Å²) < 4.78 is 5.20. The predicted octanol–water partition coefficient (Wildman–Crippen LogP) is 4.35. The van der Waals surface area contributed by atoms with Gasteiger partial charge in [-0.1, -0.05) is 18.2 Å². The standard InChI is InChI=1S/C17H21NOS/c1-12(17-4-3-9-20-17)18-15-10-14(11-15)13-5-7-16(19-2)8-6-13/h3-9,12,14-15,18H,10-11H2,1-2H3/t12-,14?,15?/m1/s1. The quantitative estimate of drug-likeness (QED) is 0.882. The van der Waals surface area contributed by atoms with Crippen LogP contribution >= 0.6 is 11.3 Å². The SMILES string of the molecule is COc1ccc(C2CC(N[C@H](C)c3cccs3)C2)cc1. The van der Waals surface area contributed by atoms with E-state index >= 15 is 0 Å². The zero-order valence-electron chi connectivity index (χ0n) is 12.0. The fraction of sp³-hybridized carbons (Fsp3) is 0.412. The first-order chi connectivity index (χ1) is 9.76. The summed E-state index contributed by atoms with van der Waals surface area (Å²) in [5, 5.41) is 5.87. The highest BCUT2D eigenvalue weighted by Crippen LogP contribution is 2.38. The molecule has 1 heterocycles.